The van der Waals surface area contributed by atoms with Gasteiger partial charge >= 0.3 is 6.03 Å². The number of ether oxygens (including phenoxy) is 2. The minimum Gasteiger partial charge on any atom is -0.454 e. The van der Waals surface area contributed by atoms with Gasteiger partial charge in [0.2, 0.25) is 12.7 Å². The normalized spacial score (nSPS) is 17.7. The smallest absolute Gasteiger partial charge is 0.318 e. The van der Waals surface area contributed by atoms with Crippen molar-refractivity contribution in [1.29, 1.82) is 0 Å². The maximum Gasteiger partial charge on any atom is 0.318 e. The Morgan fingerprint density at radius 2 is 2.24 bits per heavy atom. The lowest BCUT2D eigenvalue weighted by Gasteiger charge is -2.23. The van der Waals surface area contributed by atoms with Crippen LogP contribution in [0.25, 0.3) is 5.95 Å². The van der Waals surface area contributed by atoms with Gasteiger partial charge in [-0.3, -0.25) is 4.57 Å². The molecule has 1 fully saturated rings. The van der Waals surface area contributed by atoms with E-state index >= 15 is 0 Å². The van der Waals surface area contributed by atoms with Crippen LogP contribution in [-0.2, 0) is 6.42 Å². The molecule has 0 radical (unpaired) electrons. The lowest BCUT2D eigenvalue weighted by molar-refractivity contribution is 0.174. The Morgan fingerprint density at radius 1 is 1.31 bits per heavy atom. The van der Waals surface area contributed by atoms with Crippen LogP contribution in [-0.4, -0.2) is 49.7 Å². The van der Waals surface area contributed by atoms with Crippen molar-refractivity contribution in [3.05, 3.63) is 47.5 Å². The van der Waals surface area contributed by atoms with Crippen LogP contribution in [0.4, 0.5) is 4.79 Å². The van der Waals surface area contributed by atoms with Crippen LogP contribution in [0.5, 0.6) is 11.5 Å². The van der Waals surface area contributed by atoms with Gasteiger partial charge in [0.05, 0.1) is 6.04 Å². The SMILES string of the molecule is O=C(NCCc1ccc2c(c1)OCO2)N1CCCC1c1nc(-n2ccnc2)ns1. The van der Waals surface area contributed by atoms with Crippen molar-refractivity contribution < 1.29 is 14.3 Å². The zero-order valence-corrected chi connectivity index (χ0v) is 16.5. The van der Waals surface area contributed by atoms with Crippen LogP contribution >= 0.6 is 11.5 Å². The summed E-state index contributed by atoms with van der Waals surface area (Å²) in [5, 5.41) is 3.89. The third-order valence-corrected chi connectivity index (χ3v) is 5.90. The highest BCUT2D eigenvalue weighted by Gasteiger charge is 2.32. The number of nitrogens with zero attached hydrogens (tertiary/aromatic N) is 5. The number of urea groups is 1. The summed E-state index contributed by atoms with van der Waals surface area (Å²) in [7, 11) is 0. The number of carbonyl (C=O) groups excluding carboxylic acids is 1. The highest BCUT2D eigenvalue weighted by Crippen LogP contribution is 2.34. The molecule has 0 bridgehead atoms. The Kier molecular flexibility index (Phi) is 4.76. The molecule has 2 aliphatic heterocycles. The van der Waals surface area contributed by atoms with Gasteiger partial charge in [-0.2, -0.15) is 4.37 Å². The number of nitrogens with one attached hydrogen (secondary N) is 1. The zero-order valence-electron chi connectivity index (χ0n) is 15.7. The first-order valence-corrected chi connectivity index (χ1v) is 10.3. The van der Waals surface area contributed by atoms with Crippen molar-refractivity contribution in [2.45, 2.75) is 25.3 Å². The molecule has 0 aliphatic carbocycles. The summed E-state index contributed by atoms with van der Waals surface area (Å²) in [5.41, 5.74) is 1.10. The number of imidazole rings is 1. The molecule has 5 rings (SSSR count). The van der Waals surface area contributed by atoms with Gasteiger partial charge in [-0.05, 0) is 48.5 Å². The van der Waals surface area contributed by atoms with Crippen LogP contribution in [0.2, 0.25) is 0 Å². The molecule has 3 aromatic rings. The number of rotatable bonds is 5. The Labute approximate surface area is 171 Å². The molecule has 1 aromatic carbocycles. The Balaban J connectivity index is 1.19. The van der Waals surface area contributed by atoms with Gasteiger partial charge in [-0.15, -0.1) is 0 Å². The van der Waals surface area contributed by atoms with Crippen molar-refractivity contribution in [1.82, 2.24) is 29.1 Å². The molecule has 10 heteroatoms. The largest absolute Gasteiger partial charge is 0.454 e. The Hall–Kier alpha value is -3.14. The van der Waals surface area contributed by atoms with Crippen LogP contribution in [0.1, 0.15) is 29.5 Å². The summed E-state index contributed by atoms with van der Waals surface area (Å²) in [6, 6.07) is 5.77. The average molecular weight is 412 g/mol. The second-order valence-corrected chi connectivity index (χ2v) is 7.71. The highest BCUT2D eigenvalue weighted by atomic mass is 32.1. The molecular formula is C19H20N6O3S. The van der Waals surface area contributed by atoms with Gasteiger partial charge in [0.25, 0.3) is 0 Å². The summed E-state index contributed by atoms with van der Waals surface area (Å²) >= 11 is 1.34. The molecule has 1 saturated heterocycles. The minimum absolute atomic E-state index is 0.0321. The molecule has 0 saturated carbocycles. The van der Waals surface area contributed by atoms with Gasteiger partial charge in [0, 0.05) is 25.5 Å². The van der Waals surface area contributed by atoms with Crippen molar-refractivity contribution in [3.63, 3.8) is 0 Å². The van der Waals surface area contributed by atoms with Crippen LogP contribution in [0, 0.1) is 0 Å². The van der Waals surface area contributed by atoms with Crippen molar-refractivity contribution in [2.75, 3.05) is 19.9 Å². The van der Waals surface area contributed by atoms with Crippen LogP contribution in [0.3, 0.4) is 0 Å². The molecule has 4 heterocycles. The van der Waals surface area contributed by atoms with Crippen LogP contribution < -0.4 is 14.8 Å². The molecule has 0 spiro atoms. The fraction of sp³-hybridized carbons (Fsp3) is 0.368. The summed E-state index contributed by atoms with van der Waals surface area (Å²) in [6.45, 7) is 1.54. The monoisotopic (exact) mass is 412 g/mol. The topological polar surface area (TPSA) is 94.4 Å². The molecule has 9 nitrogen and oxygen atoms in total. The number of amides is 2. The van der Waals surface area contributed by atoms with Gasteiger partial charge in [-0.1, -0.05) is 6.07 Å². The first-order chi connectivity index (χ1) is 14.3. The predicted molar refractivity (Wildman–Crippen MR) is 105 cm³/mol. The van der Waals surface area contributed by atoms with E-state index in [9.17, 15) is 4.79 Å². The van der Waals surface area contributed by atoms with Crippen molar-refractivity contribution in [2.24, 2.45) is 0 Å². The van der Waals surface area contributed by atoms with Crippen molar-refractivity contribution >= 4 is 17.6 Å². The van der Waals surface area contributed by atoms with E-state index in [0.717, 1.165) is 47.9 Å². The maximum atomic E-state index is 12.8. The molecule has 1 unspecified atom stereocenters. The summed E-state index contributed by atoms with van der Waals surface area (Å²) in [5.74, 6) is 2.13. The molecule has 29 heavy (non-hydrogen) atoms. The average Bonchev–Trinajstić information content (AvgIpc) is 3.54. The summed E-state index contributed by atoms with van der Waals surface area (Å²) in [6.07, 6.45) is 7.75. The lowest BCUT2D eigenvalue weighted by atomic mass is 10.1. The van der Waals surface area contributed by atoms with Gasteiger partial charge in [-0.25, -0.2) is 14.8 Å². The number of hydrogen-bond acceptors (Lipinski definition) is 7. The number of carbonyl (C=O) groups is 1. The van der Waals surface area contributed by atoms with Crippen molar-refractivity contribution in [3.8, 4) is 17.4 Å². The molecule has 2 aliphatic rings. The number of fused-ring (bicyclic) bond motifs is 1. The number of benzene rings is 1. The molecule has 2 aromatic heterocycles. The predicted octanol–water partition coefficient (Wildman–Crippen LogP) is 2.54. The fourth-order valence-electron chi connectivity index (χ4n) is 3.62. The van der Waals surface area contributed by atoms with E-state index in [1.165, 1.54) is 11.5 Å². The van der Waals surface area contributed by atoms with Crippen LogP contribution in [0.15, 0.2) is 36.9 Å². The fourth-order valence-corrected chi connectivity index (χ4v) is 4.42. The van der Waals surface area contributed by atoms with E-state index in [1.54, 1.807) is 23.3 Å². The van der Waals surface area contributed by atoms with E-state index in [2.05, 4.69) is 19.7 Å². The quantitative estimate of drug-likeness (QED) is 0.692. The Morgan fingerprint density at radius 3 is 3.14 bits per heavy atom. The second kappa shape index (κ2) is 7.70. The Bertz CT molecular complexity index is 1010. The van der Waals surface area contributed by atoms with E-state index in [-0.39, 0.29) is 18.9 Å². The number of aromatic nitrogens is 4. The third kappa shape index (κ3) is 3.63. The lowest BCUT2D eigenvalue weighted by Crippen LogP contribution is -2.40. The van der Waals surface area contributed by atoms with E-state index in [0.29, 0.717) is 12.5 Å². The third-order valence-electron chi connectivity index (χ3n) is 5.09. The second-order valence-electron chi connectivity index (χ2n) is 6.92. The minimum atomic E-state index is -0.0624. The molecule has 1 N–H and O–H groups in total. The van der Waals surface area contributed by atoms with E-state index in [1.807, 2.05) is 23.1 Å². The first kappa shape index (κ1) is 17.9. The maximum absolute atomic E-state index is 12.8. The van der Waals surface area contributed by atoms with Gasteiger partial charge < -0.3 is 19.7 Å². The standard InChI is InChI=1S/C19H20N6O3S/c26-19(21-6-5-13-3-4-15-16(10-13)28-12-27-15)25-8-1-2-14(25)17-22-18(23-29-17)24-9-7-20-11-24/h3-4,7,9-11,14H,1-2,5-6,8,12H2,(H,21,26). The van der Waals surface area contributed by atoms with E-state index < -0.39 is 0 Å². The highest BCUT2D eigenvalue weighted by molar-refractivity contribution is 7.05. The molecular weight excluding hydrogens is 392 g/mol. The molecule has 2 amide bonds. The molecule has 150 valence electrons. The molecule has 1 atom stereocenters. The number of likely N-dealkylation sites (tertiary alicyclic amines) is 1. The zero-order chi connectivity index (χ0) is 19.6. The number of hydrogen-bond donors (Lipinski definition) is 1. The summed E-state index contributed by atoms with van der Waals surface area (Å²) < 4.78 is 16.9. The van der Waals surface area contributed by atoms with Gasteiger partial charge in [0.15, 0.2) is 11.5 Å². The summed E-state index contributed by atoms with van der Waals surface area (Å²) in [4.78, 5) is 23.2. The van der Waals surface area contributed by atoms with Gasteiger partial charge in [0.1, 0.15) is 11.3 Å². The first-order valence-electron chi connectivity index (χ1n) is 9.53. The van der Waals surface area contributed by atoms with E-state index in [4.69, 9.17) is 9.47 Å².